The monoisotopic (exact) mass is 375 g/mol. The highest BCUT2D eigenvalue weighted by atomic mass is 35.5. The second-order valence-corrected chi connectivity index (χ2v) is 5.66. The molecular formula is C18H18ClN3O4. The van der Waals surface area contributed by atoms with Crippen molar-refractivity contribution in [1.82, 2.24) is 5.43 Å². The Hall–Kier alpha value is -3.06. The SMILES string of the molecule is COc1ccc(OC)c(/C=N\NC(=O)C(=O)Nc2cc(Cl)ccc2C)c1. The van der Waals surface area contributed by atoms with E-state index in [1.54, 1.807) is 43.3 Å². The zero-order valence-electron chi connectivity index (χ0n) is 14.5. The molecule has 0 aliphatic carbocycles. The van der Waals surface area contributed by atoms with Gasteiger partial charge in [-0.2, -0.15) is 5.10 Å². The molecule has 26 heavy (non-hydrogen) atoms. The van der Waals surface area contributed by atoms with Gasteiger partial charge in [0.25, 0.3) is 0 Å². The van der Waals surface area contributed by atoms with Crippen molar-refractivity contribution in [3.05, 3.63) is 52.5 Å². The van der Waals surface area contributed by atoms with Crippen molar-refractivity contribution in [3.8, 4) is 11.5 Å². The van der Waals surface area contributed by atoms with E-state index in [1.165, 1.54) is 20.4 Å². The number of amides is 2. The number of halogens is 1. The van der Waals surface area contributed by atoms with Gasteiger partial charge in [-0.1, -0.05) is 17.7 Å². The molecule has 2 N–H and O–H groups in total. The molecule has 0 atom stereocenters. The van der Waals surface area contributed by atoms with E-state index in [1.807, 2.05) is 0 Å². The third-order valence-corrected chi connectivity index (χ3v) is 3.70. The van der Waals surface area contributed by atoms with E-state index in [0.717, 1.165) is 5.56 Å². The van der Waals surface area contributed by atoms with Gasteiger partial charge in [-0.25, -0.2) is 5.43 Å². The fraction of sp³-hybridized carbons (Fsp3) is 0.167. The molecule has 0 unspecified atom stereocenters. The number of rotatable bonds is 5. The lowest BCUT2D eigenvalue weighted by molar-refractivity contribution is -0.136. The Kier molecular flexibility index (Phi) is 6.57. The number of benzene rings is 2. The minimum atomic E-state index is -0.914. The predicted octanol–water partition coefficient (Wildman–Crippen LogP) is 2.75. The molecule has 0 aliphatic rings. The molecule has 2 amide bonds. The molecule has 0 saturated carbocycles. The molecule has 0 heterocycles. The second kappa shape index (κ2) is 8.87. The summed E-state index contributed by atoms with van der Waals surface area (Å²) in [5.41, 5.74) is 3.98. The second-order valence-electron chi connectivity index (χ2n) is 5.22. The summed E-state index contributed by atoms with van der Waals surface area (Å²) in [6, 6.07) is 10.1. The molecule has 8 heteroatoms. The van der Waals surface area contributed by atoms with Gasteiger partial charge in [-0.3, -0.25) is 9.59 Å². The van der Waals surface area contributed by atoms with Crippen molar-refractivity contribution in [3.63, 3.8) is 0 Å². The molecule has 0 aliphatic heterocycles. The maximum absolute atomic E-state index is 12.0. The van der Waals surface area contributed by atoms with Gasteiger partial charge >= 0.3 is 11.8 Å². The number of carbonyl (C=O) groups excluding carboxylic acids is 2. The van der Waals surface area contributed by atoms with E-state index < -0.39 is 11.8 Å². The number of aryl methyl sites for hydroxylation is 1. The van der Waals surface area contributed by atoms with Crippen LogP contribution in [0.3, 0.4) is 0 Å². The molecule has 0 fully saturated rings. The lowest BCUT2D eigenvalue weighted by Gasteiger charge is -2.08. The largest absolute Gasteiger partial charge is 0.497 e. The summed E-state index contributed by atoms with van der Waals surface area (Å²) in [5, 5.41) is 6.72. The van der Waals surface area contributed by atoms with E-state index in [-0.39, 0.29) is 0 Å². The Morgan fingerprint density at radius 1 is 1.08 bits per heavy atom. The molecule has 136 valence electrons. The predicted molar refractivity (Wildman–Crippen MR) is 100 cm³/mol. The van der Waals surface area contributed by atoms with Crippen molar-refractivity contribution in [2.45, 2.75) is 6.92 Å². The molecule has 2 aromatic carbocycles. The van der Waals surface area contributed by atoms with Crippen LogP contribution in [0, 0.1) is 6.92 Å². The van der Waals surface area contributed by atoms with Crippen molar-refractivity contribution in [2.75, 3.05) is 19.5 Å². The minimum Gasteiger partial charge on any atom is -0.497 e. The number of anilines is 1. The molecule has 2 rings (SSSR count). The fourth-order valence-corrected chi connectivity index (χ4v) is 2.23. The fourth-order valence-electron chi connectivity index (χ4n) is 2.06. The highest BCUT2D eigenvalue weighted by Gasteiger charge is 2.14. The first-order valence-electron chi connectivity index (χ1n) is 7.57. The summed E-state index contributed by atoms with van der Waals surface area (Å²) >= 11 is 5.89. The quantitative estimate of drug-likeness (QED) is 0.477. The summed E-state index contributed by atoms with van der Waals surface area (Å²) < 4.78 is 10.3. The minimum absolute atomic E-state index is 0.453. The average molecular weight is 376 g/mol. The van der Waals surface area contributed by atoms with Crippen LogP contribution < -0.4 is 20.2 Å². The highest BCUT2D eigenvalue weighted by Crippen LogP contribution is 2.22. The number of hydrogen-bond donors (Lipinski definition) is 2. The highest BCUT2D eigenvalue weighted by molar-refractivity contribution is 6.40. The Morgan fingerprint density at radius 2 is 1.85 bits per heavy atom. The number of ether oxygens (including phenoxy) is 2. The molecule has 0 spiro atoms. The Balaban J connectivity index is 2.02. The van der Waals surface area contributed by atoms with Crippen molar-refractivity contribution >= 4 is 35.3 Å². The molecule has 2 aromatic rings. The van der Waals surface area contributed by atoms with Crippen molar-refractivity contribution in [1.29, 1.82) is 0 Å². The first-order chi connectivity index (χ1) is 12.4. The van der Waals surface area contributed by atoms with Crippen LogP contribution in [0.1, 0.15) is 11.1 Å². The molecule has 0 aromatic heterocycles. The number of nitrogens with one attached hydrogen (secondary N) is 2. The molecule has 7 nitrogen and oxygen atoms in total. The summed E-state index contributed by atoms with van der Waals surface area (Å²) in [6.45, 7) is 1.79. The van der Waals surface area contributed by atoms with Gasteiger partial charge in [0.05, 0.1) is 20.4 Å². The zero-order chi connectivity index (χ0) is 19.1. The number of hydrogen-bond acceptors (Lipinski definition) is 5. The van der Waals surface area contributed by atoms with Gasteiger partial charge in [0.2, 0.25) is 0 Å². The molecule has 0 saturated heterocycles. The normalized spacial score (nSPS) is 10.5. The van der Waals surface area contributed by atoms with Gasteiger partial charge in [-0.15, -0.1) is 0 Å². The Morgan fingerprint density at radius 3 is 2.54 bits per heavy atom. The van der Waals surface area contributed by atoms with Gasteiger partial charge in [0, 0.05) is 16.3 Å². The third kappa shape index (κ3) is 4.97. The van der Waals surface area contributed by atoms with Crippen LogP contribution in [0.5, 0.6) is 11.5 Å². The summed E-state index contributed by atoms with van der Waals surface area (Å²) in [6.07, 6.45) is 1.36. The maximum Gasteiger partial charge on any atom is 0.329 e. The van der Waals surface area contributed by atoms with Crippen LogP contribution in [0.2, 0.25) is 5.02 Å². The van der Waals surface area contributed by atoms with E-state index in [9.17, 15) is 9.59 Å². The molecule has 0 bridgehead atoms. The van der Waals surface area contributed by atoms with E-state index >= 15 is 0 Å². The zero-order valence-corrected chi connectivity index (χ0v) is 15.3. The van der Waals surface area contributed by atoms with Crippen molar-refractivity contribution in [2.24, 2.45) is 5.10 Å². The van der Waals surface area contributed by atoms with Crippen LogP contribution in [-0.4, -0.2) is 32.2 Å². The molecular weight excluding hydrogens is 358 g/mol. The summed E-state index contributed by atoms with van der Waals surface area (Å²) in [5.74, 6) is -0.622. The van der Waals surface area contributed by atoms with Gasteiger partial charge in [-0.05, 0) is 42.8 Å². The van der Waals surface area contributed by atoms with Crippen LogP contribution in [-0.2, 0) is 9.59 Å². The van der Waals surface area contributed by atoms with E-state index in [0.29, 0.717) is 27.8 Å². The smallest absolute Gasteiger partial charge is 0.329 e. The number of carbonyl (C=O) groups is 2. The number of methoxy groups -OCH3 is 2. The lowest BCUT2D eigenvalue weighted by Crippen LogP contribution is -2.32. The summed E-state index contributed by atoms with van der Waals surface area (Å²) in [4.78, 5) is 23.8. The standard InChI is InChI=1S/C18H18ClN3O4/c1-11-4-5-13(19)9-15(11)21-17(23)18(24)22-20-10-12-8-14(25-2)6-7-16(12)26-3/h4-10H,1-3H3,(H,21,23)(H,22,24)/b20-10-. The van der Waals surface area contributed by atoms with Crippen LogP contribution in [0.15, 0.2) is 41.5 Å². The van der Waals surface area contributed by atoms with Crippen LogP contribution in [0.4, 0.5) is 5.69 Å². The van der Waals surface area contributed by atoms with Crippen LogP contribution in [0.25, 0.3) is 0 Å². The summed E-state index contributed by atoms with van der Waals surface area (Å²) in [7, 11) is 3.05. The topological polar surface area (TPSA) is 89.0 Å². The third-order valence-electron chi connectivity index (χ3n) is 3.46. The Bertz CT molecular complexity index is 852. The van der Waals surface area contributed by atoms with Gasteiger partial charge in [0.1, 0.15) is 11.5 Å². The Labute approximate surface area is 155 Å². The van der Waals surface area contributed by atoms with E-state index in [4.69, 9.17) is 21.1 Å². The lowest BCUT2D eigenvalue weighted by atomic mass is 10.2. The van der Waals surface area contributed by atoms with Crippen LogP contribution >= 0.6 is 11.6 Å². The molecule has 0 radical (unpaired) electrons. The van der Waals surface area contributed by atoms with E-state index in [2.05, 4.69) is 15.8 Å². The first-order valence-corrected chi connectivity index (χ1v) is 7.95. The van der Waals surface area contributed by atoms with Gasteiger partial charge < -0.3 is 14.8 Å². The first kappa shape index (κ1) is 19.3. The average Bonchev–Trinajstić information content (AvgIpc) is 2.64. The van der Waals surface area contributed by atoms with Gasteiger partial charge in [0.15, 0.2) is 0 Å². The number of hydrazone groups is 1. The maximum atomic E-state index is 12.0. The number of nitrogens with zero attached hydrogens (tertiary/aromatic N) is 1. The van der Waals surface area contributed by atoms with Crippen molar-refractivity contribution < 1.29 is 19.1 Å².